The van der Waals surface area contributed by atoms with Crippen LogP contribution in [0.5, 0.6) is 0 Å². The number of carbonyl (C=O) groups excluding carboxylic acids is 2. The number of alkyl halides is 2. The second-order valence-electron chi connectivity index (χ2n) is 5.98. The largest absolute Gasteiger partial charge is 0.359 e. The van der Waals surface area contributed by atoms with Crippen molar-refractivity contribution < 1.29 is 22.9 Å². The van der Waals surface area contributed by atoms with Crippen LogP contribution in [-0.4, -0.2) is 56.7 Å². The molecule has 8 nitrogen and oxygen atoms in total. The molecule has 0 radical (unpaired) electrons. The van der Waals surface area contributed by atoms with E-state index < -0.39 is 36.7 Å². The number of rotatable bonds is 6. The Labute approximate surface area is 147 Å². The lowest BCUT2D eigenvalue weighted by molar-refractivity contribution is -0.127. The third-order valence-electron chi connectivity index (χ3n) is 4.00. The minimum absolute atomic E-state index is 0.0264. The molecule has 0 spiro atoms. The second-order valence-corrected chi connectivity index (χ2v) is 5.98. The van der Waals surface area contributed by atoms with Gasteiger partial charge < -0.3 is 14.7 Å². The Balaban J connectivity index is 1.59. The van der Waals surface area contributed by atoms with Gasteiger partial charge >= 0.3 is 0 Å². The summed E-state index contributed by atoms with van der Waals surface area (Å²) in [6.07, 6.45) is 3.80. The van der Waals surface area contributed by atoms with E-state index in [-0.39, 0.29) is 12.2 Å². The Morgan fingerprint density at radius 3 is 3.00 bits per heavy atom. The highest BCUT2D eigenvalue weighted by molar-refractivity contribution is 5.92. The number of carbonyl (C=O) groups is 2. The maximum atomic E-state index is 13.6. The molecular weight excluding hydrogens is 348 g/mol. The molecule has 2 aromatic rings. The molecular formula is C16H17F2N5O3. The lowest BCUT2D eigenvalue weighted by Gasteiger charge is -2.22. The Bertz CT molecular complexity index is 803. The van der Waals surface area contributed by atoms with Crippen molar-refractivity contribution in [1.82, 2.24) is 25.2 Å². The third-order valence-corrected chi connectivity index (χ3v) is 4.00. The number of likely N-dealkylation sites (tertiary alicyclic amines) is 1. The number of aromatic nitrogens is 3. The summed E-state index contributed by atoms with van der Waals surface area (Å²) in [5, 5.41) is 10.2. The molecule has 10 heteroatoms. The molecule has 1 aliphatic rings. The van der Waals surface area contributed by atoms with E-state index in [0.717, 1.165) is 11.0 Å². The van der Waals surface area contributed by atoms with Crippen LogP contribution in [0.2, 0.25) is 0 Å². The molecule has 0 bridgehead atoms. The normalized spacial score (nSPS) is 18.7. The standard InChI is InChI=1S/C16H17F2N5O3/c1-2-14(24)23-10-16(17,18)7-11(23)8-19-15(25)13-6-12(26-21-13)9-22-5-3-4-20-22/h2-6,11H,1,7-10H2,(H,19,25)/t11-/m0/s1. The molecule has 1 aliphatic heterocycles. The van der Waals surface area contributed by atoms with E-state index in [9.17, 15) is 18.4 Å². The molecule has 138 valence electrons. The zero-order valence-electron chi connectivity index (χ0n) is 13.8. The zero-order valence-corrected chi connectivity index (χ0v) is 13.8. The fourth-order valence-electron chi connectivity index (χ4n) is 2.80. The van der Waals surface area contributed by atoms with Gasteiger partial charge in [-0.3, -0.25) is 14.3 Å². The van der Waals surface area contributed by atoms with Gasteiger partial charge in [0.2, 0.25) is 5.91 Å². The Morgan fingerprint density at radius 1 is 1.50 bits per heavy atom. The summed E-state index contributed by atoms with van der Waals surface area (Å²) < 4.78 is 33.9. The van der Waals surface area contributed by atoms with Crippen molar-refractivity contribution >= 4 is 11.8 Å². The minimum atomic E-state index is -2.99. The highest BCUT2D eigenvalue weighted by atomic mass is 19.3. The summed E-state index contributed by atoms with van der Waals surface area (Å²) in [5.41, 5.74) is 0.0264. The number of hydrogen-bond donors (Lipinski definition) is 1. The first kappa shape index (κ1) is 17.8. The lowest BCUT2D eigenvalue weighted by Crippen LogP contribution is -2.42. The van der Waals surface area contributed by atoms with Gasteiger partial charge in [-0.05, 0) is 12.1 Å². The van der Waals surface area contributed by atoms with E-state index >= 15 is 0 Å². The Morgan fingerprint density at radius 2 is 2.31 bits per heavy atom. The van der Waals surface area contributed by atoms with Crippen molar-refractivity contribution in [2.45, 2.75) is 24.9 Å². The van der Waals surface area contributed by atoms with Crippen molar-refractivity contribution in [1.29, 1.82) is 0 Å². The van der Waals surface area contributed by atoms with E-state index in [0.29, 0.717) is 12.3 Å². The average Bonchev–Trinajstić information content (AvgIpc) is 3.33. The third kappa shape index (κ3) is 3.95. The van der Waals surface area contributed by atoms with Crippen LogP contribution in [0.15, 0.2) is 41.7 Å². The van der Waals surface area contributed by atoms with Gasteiger partial charge in [0.15, 0.2) is 11.5 Å². The number of hydrogen-bond acceptors (Lipinski definition) is 5. The van der Waals surface area contributed by atoms with Crippen LogP contribution >= 0.6 is 0 Å². The molecule has 2 aromatic heterocycles. The topological polar surface area (TPSA) is 93.3 Å². The van der Waals surface area contributed by atoms with Crippen LogP contribution in [0.4, 0.5) is 8.78 Å². The van der Waals surface area contributed by atoms with Crippen LogP contribution < -0.4 is 5.32 Å². The van der Waals surface area contributed by atoms with Gasteiger partial charge in [-0.1, -0.05) is 11.7 Å². The summed E-state index contributed by atoms with van der Waals surface area (Å²) in [5.74, 6) is -3.72. The van der Waals surface area contributed by atoms with Gasteiger partial charge in [0.1, 0.15) is 6.54 Å². The first-order valence-corrected chi connectivity index (χ1v) is 7.90. The summed E-state index contributed by atoms with van der Waals surface area (Å²) >= 11 is 0. The van der Waals surface area contributed by atoms with Crippen LogP contribution in [0.1, 0.15) is 22.7 Å². The van der Waals surface area contributed by atoms with E-state index in [1.165, 1.54) is 6.07 Å². The zero-order chi connectivity index (χ0) is 18.7. The van der Waals surface area contributed by atoms with Gasteiger partial charge in [0, 0.05) is 31.4 Å². The van der Waals surface area contributed by atoms with Gasteiger partial charge in [-0.25, -0.2) is 8.78 Å². The maximum Gasteiger partial charge on any atom is 0.273 e. The smallest absolute Gasteiger partial charge is 0.273 e. The van der Waals surface area contributed by atoms with Gasteiger partial charge in [-0.2, -0.15) is 5.10 Å². The molecule has 1 atom stereocenters. The number of nitrogens with zero attached hydrogens (tertiary/aromatic N) is 4. The highest BCUT2D eigenvalue weighted by Crippen LogP contribution is 2.31. The van der Waals surface area contributed by atoms with Gasteiger partial charge in [0.25, 0.3) is 11.8 Å². The molecule has 0 saturated carbocycles. The molecule has 0 unspecified atom stereocenters. The Kier molecular flexibility index (Phi) is 4.83. The van der Waals surface area contributed by atoms with Crippen LogP contribution in [0.3, 0.4) is 0 Å². The molecule has 3 rings (SSSR count). The molecule has 0 aliphatic carbocycles. The van der Waals surface area contributed by atoms with E-state index in [1.54, 1.807) is 23.1 Å². The van der Waals surface area contributed by atoms with Gasteiger partial charge in [-0.15, -0.1) is 0 Å². The molecule has 3 heterocycles. The van der Waals surface area contributed by atoms with Crippen molar-refractivity contribution in [3.8, 4) is 0 Å². The SMILES string of the molecule is C=CC(=O)N1CC(F)(F)C[C@H]1CNC(=O)c1cc(Cn2cccn2)on1. The Hall–Kier alpha value is -3.04. The first-order valence-electron chi connectivity index (χ1n) is 7.90. The summed E-state index contributed by atoms with van der Waals surface area (Å²) in [6, 6.07) is 2.39. The molecule has 1 saturated heterocycles. The fraction of sp³-hybridized carbons (Fsp3) is 0.375. The van der Waals surface area contributed by atoms with Crippen molar-refractivity contribution in [3.05, 3.63) is 48.6 Å². The summed E-state index contributed by atoms with van der Waals surface area (Å²) in [7, 11) is 0. The van der Waals surface area contributed by atoms with Crippen molar-refractivity contribution in [2.24, 2.45) is 0 Å². The van der Waals surface area contributed by atoms with E-state index in [2.05, 4.69) is 22.2 Å². The van der Waals surface area contributed by atoms with Crippen LogP contribution in [-0.2, 0) is 11.3 Å². The highest BCUT2D eigenvalue weighted by Gasteiger charge is 2.46. The van der Waals surface area contributed by atoms with Crippen molar-refractivity contribution in [3.63, 3.8) is 0 Å². The second kappa shape index (κ2) is 7.06. The monoisotopic (exact) mass is 365 g/mol. The minimum Gasteiger partial charge on any atom is -0.359 e. The number of nitrogens with one attached hydrogen (secondary N) is 1. The predicted octanol–water partition coefficient (Wildman–Crippen LogP) is 1.07. The summed E-state index contributed by atoms with van der Waals surface area (Å²) in [6.45, 7) is 2.82. The summed E-state index contributed by atoms with van der Waals surface area (Å²) in [4.78, 5) is 24.9. The maximum absolute atomic E-state index is 13.6. The first-order chi connectivity index (χ1) is 12.4. The quantitative estimate of drug-likeness (QED) is 0.773. The molecule has 1 N–H and O–H groups in total. The van der Waals surface area contributed by atoms with Crippen molar-refractivity contribution in [2.75, 3.05) is 13.1 Å². The predicted molar refractivity (Wildman–Crippen MR) is 85.4 cm³/mol. The molecule has 26 heavy (non-hydrogen) atoms. The number of halogens is 2. The van der Waals surface area contributed by atoms with Crippen LogP contribution in [0, 0.1) is 0 Å². The molecule has 2 amide bonds. The van der Waals surface area contributed by atoms with Crippen LogP contribution in [0.25, 0.3) is 0 Å². The van der Waals surface area contributed by atoms with Gasteiger partial charge in [0.05, 0.1) is 12.6 Å². The molecule has 1 fully saturated rings. The fourth-order valence-corrected chi connectivity index (χ4v) is 2.80. The lowest BCUT2D eigenvalue weighted by atomic mass is 10.2. The van der Waals surface area contributed by atoms with E-state index in [1.807, 2.05) is 0 Å². The number of amides is 2. The molecule has 0 aromatic carbocycles. The van der Waals surface area contributed by atoms with E-state index in [4.69, 9.17) is 4.52 Å². The average molecular weight is 365 g/mol.